The van der Waals surface area contributed by atoms with E-state index in [0.29, 0.717) is 0 Å². The van der Waals surface area contributed by atoms with Crippen LogP contribution in [-0.4, -0.2) is 6.23 Å². The van der Waals surface area contributed by atoms with Crippen molar-refractivity contribution in [1.29, 1.82) is 0 Å². The molecule has 0 aromatic rings. The quantitative estimate of drug-likeness (QED) is 0.588. The molecular formula is C8H13NO. The van der Waals surface area contributed by atoms with Gasteiger partial charge in [0, 0.05) is 5.70 Å². The number of hydrogen-bond acceptors (Lipinski definition) is 2. The molecule has 1 heterocycles. The fraction of sp³-hybridized carbons (Fsp3) is 0.500. The lowest BCUT2D eigenvalue weighted by molar-refractivity contribution is 0.186. The first-order valence-electron chi connectivity index (χ1n) is 3.50. The molecule has 0 aliphatic carbocycles. The summed E-state index contributed by atoms with van der Waals surface area (Å²) in [4.78, 5) is 0. The Bertz CT molecular complexity index is 172. The van der Waals surface area contributed by atoms with E-state index in [0.717, 1.165) is 17.7 Å². The van der Waals surface area contributed by atoms with Crippen LogP contribution in [0, 0.1) is 0 Å². The topological polar surface area (TPSA) is 21.3 Å². The third-order valence-electron chi connectivity index (χ3n) is 1.49. The first-order valence-corrected chi connectivity index (χ1v) is 3.50. The third kappa shape index (κ3) is 1.32. The second kappa shape index (κ2) is 2.78. The van der Waals surface area contributed by atoms with E-state index in [1.54, 1.807) is 6.26 Å². The summed E-state index contributed by atoms with van der Waals surface area (Å²) < 4.78 is 5.25. The second-order valence-electron chi connectivity index (χ2n) is 2.50. The summed E-state index contributed by atoms with van der Waals surface area (Å²) in [5.74, 6) is 0. The lowest BCUT2D eigenvalue weighted by Gasteiger charge is -2.10. The number of allylic oxidation sites excluding steroid dienone is 1. The highest BCUT2D eigenvalue weighted by molar-refractivity contribution is 5.09. The zero-order valence-electron chi connectivity index (χ0n) is 6.48. The molecule has 0 saturated heterocycles. The van der Waals surface area contributed by atoms with Gasteiger partial charge < -0.3 is 10.1 Å². The van der Waals surface area contributed by atoms with Gasteiger partial charge in [-0.1, -0.05) is 13.5 Å². The van der Waals surface area contributed by atoms with Gasteiger partial charge in [0.2, 0.25) is 0 Å². The standard InChI is InChI=1S/C8H13NO/c1-4-7-5-10-8(9-7)6(2)3/h5,8-9H,2,4H2,1,3H3. The van der Waals surface area contributed by atoms with Crippen LogP contribution in [0.25, 0.3) is 0 Å². The second-order valence-corrected chi connectivity index (χ2v) is 2.50. The van der Waals surface area contributed by atoms with Crippen molar-refractivity contribution in [3.63, 3.8) is 0 Å². The highest BCUT2D eigenvalue weighted by atomic mass is 16.5. The van der Waals surface area contributed by atoms with E-state index in [2.05, 4.69) is 18.8 Å². The van der Waals surface area contributed by atoms with E-state index >= 15 is 0 Å². The van der Waals surface area contributed by atoms with E-state index in [9.17, 15) is 0 Å². The normalized spacial score (nSPS) is 23.0. The maximum atomic E-state index is 5.25. The van der Waals surface area contributed by atoms with Crippen LogP contribution in [0.5, 0.6) is 0 Å². The van der Waals surface area contributed by atoms with Crippen molar-refractivity contribution in [3.05, 3.63) is 24.1 Å². The molecule has 0 bridgehead atoms. The van der Waals surface area contributed by atoms with Crippen molar-refractivity contribution in [3.8, 4) is 0 Å². The number of rotatable bonds is 2. The lowest BCUT2D eigenvalue weighted by atomic mass is 10.3. The molecule has 2 heteroatoms. The number of hydrogen-bond donors (Lipinski definition) is 1. The summed E-state index contributed by atoms with van der Waals surface area (Å²) in [6.45, 7) is 7.82. The van der Waals surface area contributed by atoms with Gasteiger partial charge in [-0.2, -0.15) is 0 Å². The Hall–Kier alpha value is -0.920. The zero-order chi connectivity index (χ0) is 7.56. The molecule has 1 unspecified atom stereocenters. The Balaban J connectivity index is 2.43. The average Bonchev–Trinajstić information content (AvgIpc) is 2.34. The molecule has 0 spiro atoms. The molecule has 0 fully saturated rings. The fourth-order valence-electron chi connectivity index (χ4n) is 0.811. The molecule has 0 aromatic heterocycles. The molecule has 2 nitrogen and oxygen atoms in total. The van der Waals surface area contributed by atoms with E-state index < -0.39 is 0 Å². The maximum absolute atomic E-state index is 5.25. The van der Waals surface area contributed by atoms with E-state index in [1.165, 1.54) is 0 Å². The van der Waals surface area contributed by atoms with Crippen molar-refractivity contribution in [1.82, 2.24) is 5.32 Å². The van der Waals surface area contributed by atoms with Gasteiger partial charge >= 0.3 is 0 Å². The Morgan fingerprint density at radius 2 is 2.60 bits per heavy atom. The van der Waals surface area contributed by atoms with Crippen LogP contribution in [0.1, 0.15) is 20.3 Å². The minimum absolute atomic E-state index is 0.00921. The minimum Gasteiger partial charge on any atom is -0.473 e. The molecule has 10 heavy (non-hydrogen) atoms. The van der Waals surface area contributed by atoms with Gasteiger partial charge in [0.25, 0.3) is 0 Å². The lowest BCUT2D eigenvalue weighted by Crippen LogP contribution is -2.24. The first kappa shape index (κ1) is 7.19. The van der Waals surface area contributed by atoms with Crippen molar-refractivity contribution in [2.24, 2.45) is 0 Å². The molecule has 1 rings (SSSR count). The van der Waals surface area contributed by atoms with Crippen LogP contribution in [0.4, 0.5) is 0 Å². The van der Waals surface area contributed by atoms with Crippen LogP contribution in [0.3, 0.4) is 0 Å². The molecule has 56 valence electrons. The minimum atomic E-state index is 0.00921. The van der Waals surface area contributed by atoms with Crippen LogP contribution in [0.2, 0.25) is 0 Å². The number of nitrogens with one attached hydrogen (secondary N) is 1. The molecule has 1 aliphatic rings. The molecule has 1 N–H and O–H groups in total. The summed E-state index contributed by atoms with van der Waals surface area (Å²) in [5, 5.41) is 3.18. The van der Waals surface area contributed by atoms with Crippen molar-refractivity contribution in [2.75, 3.05) is 0 Å². The highest BCUT2D eigenvalue weighted by Crippen LogP contribution is 2.12. The molecule has 0 amide bonds. The highest BCUT2D eigenvalue weighted by Gasteiger charge is 2.15. The van der Waals surface area contributed by atoms with Crippen LogP contribution < -0.4 is 5.32 Å². The fourth-order valence-corrected chi connectivity index (χ4v) is 0.811. The SMILES string of the molecule is C=C(C)C1NC(CC)=CO1. The van der Waals surface area contributed by atoms with E-state index in [1.807, 2.05) is 6.92 Å². The van der Waals surface area contributed by atoms with Gasteiger partial charge in [0.05, 0.1) is 0 Å². The van der Waals surface area contributed by atoms with Gasteiger partial charge in [0.15, 0.2) is 6.23 Å². The Morgan fingerprint density at radius 1 is 1.90 bits per heavy atom. The summed E-state index contributed by atoms with van der Waals surface area (Å²) in [6, 6.07) is 0. The predicted molar refractivity (Wildman–Crippen MR) is 41.2 cm³/mol. The Labute approximate surface area is 61.6 Å². The smallest absolute Gasteiger partial charge is 0.190 e. The van der Waals surface area contributed by atoms with Crippen molar-refractivity contribution in [2.45, 2.75) is 26.5 Å². The third-order valence-corrected chi connectivity index (χ3v) is 1.49. The number of ether oxygens (including phenoxy) is 1. The predicted octanol–water partition coefficient (Wildman–Crippen LogP) is 1.76. The van der Waals surface area contributed by atoms with Crippen LogP contribution in [-0.2, 0) is 4.74 Å². The van der Waals surface area contributed by atoms with Gasteiger partial charge in [-0.25, -0.2) is 0 Å². The first-order chi connectivity index (χ1) is 4.74. The largest absolute Gasteiger partial charge is 0.473 e. The van der Waals surface area contributed by atoms with E-state index in [-0.39, 0.29) is 6.23 Å². The molecule has 0 aromatic carbocycles. The van der Waals surface area contributed by atoms with E-state index in [4.69, 9.17) is 4.74 Å². The molecule has 0 saturated carbocycles. The average molecular weight is 139 g/mol. The maximum Gasteiger partial charge on any atom is 0.190 e. The summed E-state index contributed by atoms with van der Waals surface area (Å²) in [6.07, 6.45) is 2.76. The Kier molecular flexibility index (Phi) is 2.00. The van der Waals surface area contributed by atoms with Crippen LogP contribution >= 0.6 is 0 Å². The summed E-state index contributed by atoms with van der Waals surface area (Å²) in [7, 11) is 0. The van der Waals surface area contributed by atoms with Gasteiger partial charge in [-0.3, -0.25) is 0 Å². The molecule has 1 atom stereocenters. The monoisotopic (exact) mass is 139 g/mol. The van der Waals surface area contributed by atoms with Crippen molar-refractivity contribution >= 4 is 0 Å². The zero-order valence-corrected chi connectivity index (χ0v) is 6.48. The van der Waals surface area contributed by atoms with Gasteiger partial charge in [0.1, 0.15) is 6.26 Å². The van der Waals surface area contributed by atoms with Gasteiger partial charge in [-0.05, 0) is 18.9 Å². The van der Waals surface area contributed by atoms with Gasteiger partial charge in [-0.15, -0.1) is 0 Å². The summed E-state index contributed by atoms with van der Waals surface area (Å²) in [5.41, 5.74) is 2.16. The van der Waals surface area contributed by atoms with Crippen LogP contribution in [0.15, 0.2) is 24.1 Å². The molecular weight excluding hydrogens is 126 g/mol. The van der Waals surface area contributed by atoms with Crippen molar-refractivity contribution < 1.29 is 4.74 Å². The molecule has 0 radical (unpaired) electrons. The Morgan fingerprint density at radius 3 is 2.90 bits per heavy atom. The summed E-state index contributed by atoms with van der Waals surface area (Å²) >= 11 is 0. The molecule has 1 aliphatic heterocycles.